The molecule has 174 valence electrons. The van der Waals surface area contributed by atoms with Gasteiger partial charge in [-0.05, 0) is 86.1 Å². The SMILES string of the molecule is COc1cc(C=NNC(=O)c2ccc(COc3ccc(-n4c(C)ccc4C)cc3)o2)ccc1O. The Balaban J connectivity index is 1.31. The minimum absolute atomic E-state index is 0.0241. The van der Waals surface area contributed by atoms with Crippen molar-refractivity contribution < 1.29 is 23.8 Å². The lowest BCUT2D eigenvalue weighted by Gasteiger charge is -2.10. The van der Waals surface area contributed by atoms with E-state index in [-0.39, 0.29) is 18.1 Å². The van der Waals surface area contributed by atoms with Gasteiger partial charge >= 0.3 is 5.91 Å². The first-order valence-electron chi connectivity index (χ1n) is 10.6. The first-order chi connectivity index (χ1) is 16.4. The van der Waals surface area contributed by atoms with Gasteiger partial charge in [0.15, 0.2) is 17.3 Å². The highest BCUT2D eigenvalue weighted by Crippen LogP contribution is 2.25. The average Bonchev–Trinajstić information content (AvgIpc) is 3.45. The highest BCUT2D eigenvalue weighted by molar-refractivity contribution is 5.92. The van der Waals surface area contributed by atoms with E-state index < -0.39 is 5.91 Å². The number of phenolic OH excluding ortho intramolecular Hbond substituents is 1. The van der Waals surface area contributed by atoms with Crippen LogP contribution in [0.5, 0.6) is 17.2 Å². The molecule has 1 amide bonds. The third-order valence-corrected chi connectivity index (χ3v) is 5.22. The standard InChI is InChI=1S/C26H25N3O5/c1-17-4-5-18(2)29(17)20-7-9-21(10-8-20)33-16-22-11-13-24(34-22)26(31)28-27-15-19-6-12-23(30)25(14-19)32-3/h4-15,30H,16H2,1-3H3,(H,28,31). The summed E-state index contributed by atoms with van der Waals surface area (Å²) in [5.41, 5.74) is 6.45. The molecule has 34 heavy (non-hydrogen) atoms. The predicted molar refractivity (Wildman–Crippen MR) is 128 cm³/mol. The lowest BCUT2D eigenvalue weighted by molar-refractivity contribution is 0.0923. The zero-order chi connectivity index (χ0) is 24.1. The molecule has 2 heterocycles. The number of aryl methyl sites for hydroxylation is 2. The van der Waals surface area contributed by atoms with Gasteiger partial charge in [-0.3, -0.25) is 4.79 Å². The minimum atomic E-state index is -0.491. The average molecular weight is 460 g/mol. The molecular weight excluding hydrogens is 434 g/mol. The fourth-order valence-electron chi connectivity index (χ4n) is 3.49. The number of benzene rings is 2. The summed E-state index contributed by atoms with van der Waals surface area (Å²) in [5.74, 6) is 1.18. The second-order valence-electron chi connectivity index (χ2n) is 7.63. The van der Waals surface area contributed by atoms with Crippen molar-refractivity contribution in [2.24, 2.45) is 5.10 Å². The number of rotatable bonds is 8. The van der Waals surface area contributed by atoms with Crippen molar-refractivity contribution >= 4 is 12.1 Å². The smallest absolute Gasteiger partial charge is 0.307 e. The van der Waals surface area contributed by atoms with Crippen LogP contribution in [0.2, 0.25) is 0 Å². The van der Waals surface area contributed by atoms with Gasteiger partial charge < -0.3 is 23.6 Å². The second kappa shape index (κ2) is 9.99. The van der Waals surface area contributed by atoms with E-state index in [1.165, 1.54) is 30.8 Å². The van der Waals surface area contributed by atoms with Gasteiger partial charge in [0, 0.05) is 17.1 Å². The molecule has 0 bridgehead atoms. The number of hydrogen-bond acceptors (Lipinski definition) is 6. The van der Waals surface area contributed by atoms with Gasteiger partial charge in [0.05, 0.1) is 13.3 Å². The van der Waals surface area contributed by atoms with E-state index in [1.54, 1.807) is 24.3 Å². The number of carbonyl (C=O) groups is 1. The van der Waals surface area contributed by atoms with Crippen molar-refractivity contribution in [3.63, 3.8) is 0 Å². The number of amides is 1. The maximum absolute atomic E-state index is 12.3. The molecule has 0 atom stereocenters. The molecular formula is C26H25N3O5. The summed E-state index contributed by atoms with van der Waals surface area (Å²) < 4.78 is 18.6. The van der Waals surface area contributed by atoms with Crippen LogP contribution in [-0.4, -0.2) is 28.9 Å². The van der Waals surface area contributed by atoms with E-state index >= 15 is 0 Å². The van der Waals surface area contributed by atoms with Crippen LogP contribution in [-0.2, 0) is 6.61 Å². The highest BCUT2D eigenvalue weighted by atomic mass is 16.5. The lowest BCUT2D eigenvalue weighted by Crippen LogP contribution is -2.16. The van der Waals surface area contributed by atoms with E-state index in [2.05, 4.69) is 41.1 Å². The molecule has 0 saturated heterocycles. The van der Waals surface area contributed by atoms with Crippen molar-refractivity contribution in [1.29, 1.82) is 0 Å². The first-order valence-corrected chi connectivity index (χ1v) is 10.6. The van der Waals surface area contributed by atoms with Gasteiger partial charge in [-0.1, -0.05) is 0 Å². The molecule has 0 radical (unpaired) electrons. The third kappa shape index (κ3) is 5.12. The minimum Gasteiger partial charge on any atom is -0.504 e. The number of aromatic nitrogens is 1. The Morgan fingerprint density at radius 2 is 1.79 bits per heavy atom. The Hall–Kier alpha value is -4.46. The molecule has 8 heteroatoms. The Morgan fingerprint density at radius 3 is 2.50 bits per heavy atom. The molecule has 0 aliphatic carbocycles. The molecule has 0 saturated carbocycles. The molecule has 2 N–H and O–H groups in total. The number of phenols is 1. The summed E-state index contributed by atoms with van der Waals surface area (Å²) in [6.07, 6.45) is 1.44. The number of hydrogen-bond donors (Lipinski definition) is 2. The monoisotopic (exact) mass is 459 g/mol. The van der Waals surface area contributed by atoms with Crippen molar-refractivity contribution in [2.75, 3.05) is 7.11 Å². The molecule has 2 aromatic heterocycles. The maximum Gasteiger partial charge on any atom is 0.307 e. The molecule has 4 rings (SSSR count). The zero-order valence-electron chi connectivity index (χ0n) is 19.1. The Labute approximate surface area is 197 Å². The van der Waals surface area contributed by atoms with Crippen LogP contribution in [0.15, 0.2) is 76.2 Å². The molecule has 4 aromatic rings. The van der Waals surface area contributed by atoms with Gasteiger partial charge in [0.1, 0.15) is 18.1 Å². The van der Waals surface area contributed by atoms with Crippen LogP contribution in [0.25, 0.3) is 5.69 Å². The Bertz CT molecular complexity index is 1300. The van der Waals surface area contributed by atoms with Gasteiger partial charge in [-0.25, -0.2) is 5.43 Å². The number of hydrazone groups is 1. The van der Waals surface area contributed by atoms with E-state index in [1.807, 2.05) is 24.3 Å². The largest absolute Gasteiger partial charge is 0.504 e. The quantitative estimate of drug-likeness (QED) is 0.293. The lowest BCUT2D eigenvalue weighted by atomic mass is 10.2. The van der Waals surface area contributed by atoms with Crippen LogP contribution in [0.3, 0.4) is 0 Å². The summed E-state index contributed by atoms with van der Waals surface area (Å²) in [4.78, 5) is 12.3. The second-order valence-corrected chi connectivity index (χ2v) is 7.63. The van der Waals surface area contributed by atoms with E-state index in [9.17, 15) is 9.90 Å². The number of aromatic hydroxyl groups is 1. The van der Waals surface area contributed by atoms with E-state index in [0.717, 1.165) is 5.69 Å². The molecule has 2 aromatic carbocycles. The molecule has 0 aliphatic rings. The fraction of sp³-hybridized carbons (Fsp3) is 0.154. The van der Waals surface area contributed by atoms with Crippen LogP contribution < -0.4 is 14.9 Å². The predicted octanol–water partition coefficient (Wildman–Crippen LogP) is 4.74. The number of nitrogens with one attached hydrogen (secondary N) is 1. The van der Waals surface area contributed by atoms with Crippen molar-refractivity contribution in [3.8, 4) is 22.9 Å². The Kier molecular flexibility index (Phi) is 6.68. The summed E-state index contributed by atoms with van der Waals surface area (Å²) in [6.45, 7) is 4.32. The fourth-order valence-corrected chi connectivity index (χ4v) is 3.49. The number of methoxy groups -OCH3 is 1. The van der Waals surface area contributed by atoms with Gasteiger partial charge in [0.25, 0.3) is 0 Å². The van der Waals surface area contributed by atoms with E-state index in [0.29, 0.717) is 22.8 Å². The molecule has 0 fully saturated rings. The summed E-state index contributed by atoms with van der Waals surface area (Å²) in [7, 11) is 1.45. The van der Waals surface area contributed by atoms with Crippen molar-refractivity contribution in [2.45, 2.75) is 20.5 Å². The van der Waals surface area contributed by atoms with Crippen molar-refractivity contribution in [1.82, 2.24) is 9.99 Å². The highest BCUT2D eigenvalue weighted by Gasteiger charge is 2.11. The maximum atomic E-state index is 12.3. The first kappa shape index (κ1) is 22.7. The Morgan fingerprint density at radius 1 is 1.06 bits per heavy atom. The zero-order valence-corrected chi connectivity index (χ0v) is 19.1. The van der Waals surface area contributed by atoms with Gasteiger partial charge in [-0.15, -0.1) is 0 Å². The van der Waals surface area contributed by atoms with Crippen molar-refractivity contribution in [3.05, 3.63) is 95.2 Å². The van der Waals surface area contributed by atoms with E-state index in [4.69, 9.17) is 13.9 Å². The van der Waals surface area contributed by atoms with Gasteiger partial charge in [-0.2, -0.15) is 5.10 Å². The summed E-state index contributed by atoms with van der Waals surface area (Å²) >= 11 is 0. The third-order valence-electron chi connectivity index (χ3n) is 5.22. The van der Waals surface area contributed by atoms with Crippen LogP contribution in [0.1, 0.15) is 33.3 Å². The van der Waals surface area contributed by atoms with Gasteiger partial charge in [0.2, 0.25) is 0 Å². The number of carbonyl (C=O) groups excluding carboxylic acids is 1. The van der Waals surface area contributed by atoms with Crippen LogP contribution in [0, 0.1) is 13.8 Å². The number of ether oxygens (including phenoxy) is 2. The molecule has 8 nitrogen and oxygen atoms in total. The number of nitrogens with zero attached hydrogens (tertiary/aromatic N) is 2. The van der Waals surface area contributed by atoms with Crippen LogP contribution in [0.4, 0.5) is 0 Å². The summed E-state index contributed by atoms with van der Waals surface area (Å²) in [5, 5.41) is 13.5. The molecule has 0 aliphatic heterocycles. The summed E-state index contributed by atoms with van der Waals surface area (Å²) in [6, 6.07) is 19.9. The molecule has 0 unspecified atom stereocenters. The topological polar surface area (TPSA) is 98.2 Å². The molecule has 0 spiro atoms. The number of furan rings is 1. The normalized spacial score (nSPS) is 11.0. The van der Waals surface area contributed by atoms with Crippen LogP contribution >= 0.6 is 0 Å².